The Hall–Kier alpha value is -3.22. The molecule has 34 heavy (non-hydrogen) atoms. The molecule has 0 radical (unpaired) electrons. The fourth-order valence-corrected chi connectivity index (χ4v) is 5.22. The Morgan fingerprint density at radius 1 is 1.06 bits per heavy atom. The van der Waals surface area contributed by atoms with Gasteiger partial charge in [-0.25, -0.2) is 0 Å². The molecule has 4 rings (SSSR count). The number of nitrogens with one attached hydrogen (secondary N) is 2. The van der Waals surface area contributed by atoms with Crippen LogP contribution in [0.3, 0.4) is 0 Å². The van der Waals surface area contributed by atoms with E-state index in [0.29, 0.717) is 12.0 Å². The number of benzene rings is 1. The second-order valence-electron chi connectivity index (χ2n) is 10.2. The van der Waals surface area contributed by atoms with Crippen molar-refractivity contribution in [3.8, 4) is 0 Å². The molecule has 2 unspecified atom stereocenters. The molecule has 1 saturated heterocycles. The minimum absolute atomic E-state index is 0.0393. The molecular weight excluding hydrogens is 428 g/mol. The molecule has 180 valence electrons. The molecule has 1 aliphatic heterocycles. The second kappa shape index (κ2) is 9.95. The normalized spacial score (nSPS) is 21.5. The minimum Gasteiger partial charge on any atom is -0.352 e. The highest BCUT2D eigenvalue weighted by Gasteiger charge is 2.49. The number of pyridine rings is 1. The van der Waals surface area contributed by atoms with Crippen molar-refractivity contribution in [3.63, 3.8) is 0 Å². The SMILES string of the molecule is CC(C)C[C@@H]1C(=O)NC(C2Cc3ccccc3C2)C(=O)N1C(C(=O)NC(C)C)c1ccncc1. The van der Waals surface area contributed by atoms with E-state index in [4.69, 9.17) is 0 Å². The Morgan fingerprint density at radius 2 is 1.68 bits per heavy atom. The zero-order chi connectivity index (χ0) is 24.4. The lowest BCUT2D eigenvalue weighted by Crippen LogP contribution is -2.67. The summed E-state index contributed by atoms with van der Waals surface area (Å²) >= 11 is 0. The molecule has 7 heteroatoms. The van der Waals surface area contributed by atoms with E-state index in [1.165, 1.54) is 11.1 Å². The van der Waals surface area contributed by atoms with Crippen LogP contribution in [0.2, 0.25) is 0 Å². The molecule has 2 N–H and O–H groups in total. The lowest BCUT2D eigenvalue weighted by Gasteiger charge is -2.45. The van der Waals surface area contributed by atoms with Crippen LogP contribution in [0.4, 0.5) is 0 Å². The molecular formula is C27H34N4O3. The Morgan fingerprint density at radius 3 is 2.24 bits per heavy atom. The molecule has 1 aromatic carbocycles. The third-order valence-electron chi connectivity index (χ3n) is 6.68. The van der Waals surface area contributed by atoms with Gasteiger partial charge in [-0.2, -0.15) is 0 Å². The first-order chi connectivity index (χ1) is 16.3. The molecule has 1 aliphatic carbocycles. The highest BCUT2D eigenvalue weighted by Crippen LogP contribution is 2.35. The van der Waals surface area contributed by atoms with Crippen molar-refractivity contribution in [2.24, 2.45) is 11.8 Å². The number of hydrogen-bond donors (Lipinski definition) is 2. The summed E-state index contributed by atoms with van der Waals surface area (Å²) in [5, 5.41) is 6.00. The van der Waals surface area contributed by atoms with Crippen molar-refractivity contribution in [3.05, 3.63) is 65.5 Å². The first kappa shape index (κ1) is 23.9. The van der Waals surface area contributed by atoms with E-state index in [1.54, 1.807) is 29.4 Å². The number of aromatic nitrogens is 1. The molecule has 0 bridgehead atoms. The van der Waals surface area contributed by atoms with Crippen LogP contribution in [0, 0.1) is 11.8 Å². The van der Waals surface area contributed by atoms with Crippen LogP contribution >= 0.6 is 0 Å². The zero-order valence-electron chi connectivity index (χ0n) is 20.3. The van der Waals surface area contributed by atoms with Crippen LogP contribution in [0.1, 0.15) is 56.8 Å². The molecule has 2 heterocycles. The number of hydrogen-bond acceptors (Lipinski definition) is 4. The fourth-order valence-electron chi connectivity index (χ4n) is 5.22. The number of carbonyl (C=O) groups excluding carboxylic acids is 3. The summed E-state index contributed by atoms with van der Waals surface area (Å²) < 4.78 is 0. The molecule has 3 amide bonds. The average molecular weight is 463 g/mol. The molecule has 0 spiro atoms. The van der Waals surface area contributed by atoms with Crippen molar-refractivity contribution < 1.29 is 14.4 Å². The third kappa shape index (κ3) is 4.83. The summed E-state index contributed by atoms with van der Waals surface area (Å²) in [7, 11) is 0. The van der Waals surface area contributed by atoms with Crippen LogP contribution in [-0.4, -0.2) is 45.7 Å². The summed E-state index contributed by atoms with van der Waals surface area (Å²) in [6.45, 7) is 7.81. The number of nitrogens with zero attached hydrogens (tertiary/aromatic N) is 2. The lowest BCUT2D eigenvalue weighted by atomic mass is 9.88. The van der Waals surface area contributed by atoms with Gasteiger partial charge >= 0.3 is 0 Å². The maximum atomic E-state index is 14.1. The molecule has 3 atom stereocenters. The number of carbonyl (C=O) groups is 3. The maximum absolute atomic E-state index is 14.1. The second-order valence-corrected chi connectivity index (χ2v) is 10.2. The standard InChI is InChI=1S/C27H34N4O3/c1-16(2)13-22-25(32)30-23(21-14-19-7-5-6-8-20(19)15-21)27(34)31(22)24(26(33)29-17(3)4)18-9-11-28-12-10-18/h5-12,16-17,21-24H,13-15H2,1-4H3,(H,29,33)(H,30,32)/t22-,23?,24?/m1/s1. The van der Waals surface area contributed by atoms with Gasteiger partial charge in [-0.3, -0.25) is 19.4 Å². The van der Waals surface area contributed by atoms with Crippen LogP contribution in [-0.2, 0) is 27.2 Å². The zero-order valence-corrected chi connectivity index (χ0v) is 20.3. The van der Waals surface area contributed by atoms with E-state index < -0.39 is 18.1 Å². The highest BCUT2D eigenvalue weighted by atomic mass is 16.2. The molecule has 1 aromatic heterocycles. The largest absolute Gasteiger partial charge is 0.352 e. The molecule has 7 nitrogen and oxygen atoms in total. The van der Waals surface area contributed by atoms with Gasteiger partial charge in [-0.15, -0.1) is 0 Å². The van der Waals surface area contributed by atoms with Crippen molar-refractivity contribution in [2.45, 2.75) is 71.1 Å². The van der Waals surface area contributed by atoms with Gasteiger partial charge in [0.1, 0.15) is 18.1 Å². The van der Waals surface area contributed by atoms with Gasteiger partial charge in [0, 0.05) is 18.4 Å². The van der Waals surface area contributed by atoms with Gasteiger partial charge in [-0.05, 0) is 73.8 Å². The Kier molecular flexibility index (Phi) is 7.00. The predicted octanol–water partition coefficient (Wildman–Crippen LogP) is 2.80. The quantitative estimate of drug-likeness (QED) is 0.662. The van der Waals surface area contributed by atoms with Crippen LogP contribution in [0.25, 0.3) is 0 Å². The summed E-state index contributed by atoms with van der Waals surface area (Å²) in [6, 6.07) is 9.27. The van der Waals surface area contributed by atoms with E-state index in [-0.39, 0.29) is 35.6 Å². The lowest BCUT2D eigenvalue weighted by molar-refractivity contribution is -0.158. The molecule has 0 saturated carbocycles. The van der Waals surface area contributed by atoms with E-state index in [0.717, 1.165) is 12.8 Å². The molecule has 2 aliphatic rings. The number of amides is 3. The van der Waals surface area contributed by atoms with E-state index in [2.05, 4.69) is 27.8 Å². The number of piperazine rings is 1. The van der Waals surface area contributed by atoms with Crippen molar-refractivity contribution in [2.75, 3.05) is 0 Å². The van der Waals surface area contributed by atoms with Crippen molar-refractivity contribution >= 4 is 17.7 Å². The first-order valence-electron chi connectivity index (χ1n) is 12.2. The summed E-state index contributed by atoms with van der Waals surface area (Å²) in [4.78, 5) is 46.7. The minimum atomic E-state index is -0.904. The number of rotatable bonds is 7. The van der Waals surface area contributed by atoms with Gasteiger partial charge in [-0.1, -0.05) is 38.1 Å². The van der Waals surface area contributed by atoms with Gasteiger partial charge in [0.15, 0.2) is 0 Å². The van der Waals surface area contributed by atoms with E-state index >= 15 is 0 Å². The third-order valence-corrected chi connectivity index (χ3v) is 6.68. The van der Waals surface area contributed by atoms with Crippen molar-refractivity contribution in [1.82, 2.24) is 20.5 Å². The molecule has 1 fully saturated rings. The predicted molar refractivity (Wildman–Crippen MR) is 130 cm³/mol. The van der Waals surface area contributed by atoms with Gasteiger partial charge in [0.05, 0.1) is 0 Å². The Bertz CT molecular complexity index is 1030. The van der Waals surface area contributed by atoms with Crippen LogP contribution < -0.4 is 10.6 Å². The molecule has 2 aromatic rings. The Labute approximate surface area is 201 Å². The first-order valence-corrected chi connectivity index (χ1v) is 12.2. The van der Waals surface area contributed by atoms with Crippen molar-refractivity contribution in [1.29, 1.82) is 0 Å². The summed E-state index contributed by atoms with van der Waals surface area (Å²) in [6.07, 6.45) is 5.16. The van der Waals surface area contributed by atoms with Crippen LogP contribution in [0.5, 0.6) is 0 Å². The van der Waals surface area contributed by atoms with Gasteiger partial charge in [0.25, 0.3) is 0 Å². The van der Waals surface area contributed by atoms with Gasteiger partial charge < -0.3 is 15.5 Å². The maximum Gasteiger partial charge on any atom is 0.247 e. The summed E-state index contributed by atoms with van der Waals surface area (Å²) in [5.74, 6) is -0.534. The number of fused-ring (bicyclic) bond motifs is 1. The summed E-state index contributed by atoms with van der Waals surface area (Å²) in [5.41, 5.74) is 3.08. The van der Waals surface area contributed by atoms with E-state index in [1.807, 2.05) is 39.8 Å². The van der Waals surface area contributed by atoms with Gasteiger partial charge in [0.2, 0.25) is 17.7 Å². The topological polar surface area (TPSA) is 91.4 Å². The smallest absolute Gasteiger partial charge is 0.247 e. The highest BCUT2D eigenvalue weighted by molar-refractivity contribution is 6.00. The van der Waals surface area contributed by atoms with E-state index in [9.17, 15) is 14.4 Å². The van der Waals surface area contributed by atoms with Crippen LogP contribution in [0.15, 0.2) is 48.8 Å². The monoisotopic (exact) mass is 462 g/mol. The fraction of sp³-hybridized carbons (Fsp3) is 0.481. The average Bonchev–Trinajstić information content (AvgIpc) is 3.22. The Balaban J connectivity index is 1.73.